The summed E-state index contributed by atoms with van der Waals surface area (Å²) in [7, 11) is -3.69. The number of nitrogens with zero attached hydrogens (tertiary/aromatic N) is 4. The standard InChI is InChI=1S/C25H29FN4O5S/c1-16-23(36(32,33)15-18-9-7-6-8-10-18)17(2)30(28-16)22-11-21(20(26)12-27-22)34-19-13-29(14-19)24(31)35-25(3,4)5/h6-12,19H,13-15H2,1-5H3. The van der Waals surface area contributed by atoms with E-state index in [0.29, 0.717) is 17.0 Å². The zero-order valence-electron chi connectivity index (χ0n) is 20.9. The number of amides is 1. The lowest BCUT2D eigenvalue weighted by molar-refractivity contribution is -0.0229. The molecule has 1 aromatic carbocycles. The first-order valence-corrected chi connectivity index (χ1v) is 13.1. The molecule has 0 aliphatic carbocycles. The van der Waals surface area contributed by atoms with Crippen LogP contribution in [0.15, 0.2) is 47.5 Å². The van der Waals surface area contributed by atoms with E-state index >= 15 is 0 Å². The van der Waals surface area contributed by atoms with Gasteiger partial charge in [0.05, 0.1) is 36.4 Å². The maximum Gasteiger partial charge on any atom is 0.410 e. The molecule has 0 bridgehead atoms. The fraction of sp³-hybridized carbons (Fsp3) is 0.400. The number of rotatable bonds is 6. The second-order valence-corrected chi connectivity index (χ2v) is 11.7. The van der Waals surface area contributed by atoms with Gasteiger partial charge >= 0.3 is 6.09 Å². The van der Waals surface area contributed by atoms with Gasteiger partial charge in [-0.25, -0.2) is 27.3 Å². The number of ether oxygens (including phenoxy) is 2. The second kappa shape index (κ2) is 9.53. The molecule has 1 aliphatic rings. The van der Waals surface area contributed by atoms with E-state index in [2.05, 4.69) is 10.1 Å². The van der Waals surface area contributed by atoms with Crippen molar-refractivity contribution in [2.45, 2.75) is 57.0 Å². The highest BCUT2D eigenvalue weighted by atomic mass is 32.2. The van der Waals surface area contributed by atoms with Gasteiger partial charge < -0.3 is 14.4 Å². The van der Waals surface area contributed by atoms with Crippen LogP contribution >= 0.6 is 0 Å². The van der Waals surface area contributed by atoms with E-state index in [0.717, 1.165) is 6.20 Å². The molecule has 3 aromatic rings. The number of benzene rings is 1. The molecular weight excluding hydrogens is 487 g/mol. The fourth-order valence-electron chi connectivity index (χ4n) is 3.95. The Kier molecular flexibility index (Phi) is 6.78. The maximum atomic E-state index is 14.5. The van der Waals surface area contributed by atoms with Gasteiger partial charge in [-0.1, -0.05) is 30.3 Å². The summed E-state index contributed by atoms with van der Waals surface area (Å²) < 4.78 is 53.3. The minimum Gasteiger partial charge on any atom is -0.483 e. The molecule has 4 rings (SSSR count). The van der Waals surface area contributed by atoms with Crippen molar-refractivity contribution in [3.63, 3.8) is 0 Å². The molecule has 1 saturated heterocycles. The van der Waals surface area contributed by atoms with Crippen molar-refractivity contribution in [2.24, 2.45) is 0 Å². The minimum absolute atomic E-state index is 0.0601. The molecule has 0 spiro atoms. The van der Waals surface area contributed by atoms with E-state index in [1.54, 1.807) is 58.9 Å². The molecule has 2 aromatic heterocycles. The number of likely N-dealkylation sites (tertiary alicyclic amines) is 1. The number of aryl methyl sites for hydroxylation is 1. The highest BCUT2D eigenvalue weighted by Crippen LogP contribution is 2.28. The second-order valence-electron chi connectivity index (χ2n) is 9.75. The Hall–Kier alpha value is -3.47. The van der Waals surface area contributed by atoms with E-state index in [9.17, 15) is 17.6 Å². The van der Waals surface area contributed by atoms with Gasteiger partial charge in [-0.15, -0.1) is 0 Å². The third kappa shape index (κ3) is 5.51. The zero-order valence-corrected chi connectivity index (χ0v) is 21.7. The van der Waals surface area contributed by atoms with Crippen LogP contribution in [0.2, 0.25) is 0 Å². The van der Waals surface area contributed by atoms with Crippen LogP contribution in [0.3, 0.4) is 0 Å². The van der Waals surface area contributed by atoms with Crippen molar-refractivity contribution in [3.05, 3.63) is 65.4 Å². The number of halogens is 1. The molecule has 0 N–H and O–H groups in total. The monoisotopic (exact) mass is 516 g/mol. The molecule has 0 unspecified atom stereocenters. The van der Waals surface area contributed by atoms with Gasteiger partial charge in [-0.3, -0.25) is 0 Å². The van der Waals surface area contributed by atoms with Crippen LogP contribution in [0.25, 0.3) is 5.82 Å². The lowest BCUT2D eigenvalue weighted by Crippen LogP contribution is -2.57. The molecule has 0 radical (unpaired) electrons. The molecule has 192 valence electrons. The van der Waals surface area contributed by atoms with Crippen LogP contribution < -0.4 is 4.74 Å². The highest BCUT2D eigenvalue weighted by molar-refractivity contribution is 7.90. The molecule has 1 aliphatic heterocycles. The Labute approximate surface area is 209 Å². The molecule has 3 heterocycles. The molecule has 36 heavy (non-hydrogen) atoms. The first-order chi connectivity index (χ1) is 16.8. The van der Waals surface area contributed by atoms with Crippen molar-refractivity contribution in [2.75, 3.05) is 13.1 Å². The topological polar surface area (TPSA) is 104 Å². The van der Waals surface area contributed by atoms with Crippen LogP contribution in [-0.4, -0.2) is 59.0 Å². The summed E-state index contributed by atoms with van der Waals surface area (Å²) in [6.45, 7) is 9.11. The smallest absolute Gasteiger partial charge is 0.410 e. The van der Waals surface area contributed by atoms with E-state index < -0.39 is 33.5 Å². The third-order valence-electron chi connectivity index (χ3n) is 5.55. The van der Waals surface area contributed by atoms with Gasteiger partial charge in [-0.05, 0) is 40.2 Å². The molecule has 9 nitrogen and oxygen atoms in total. The van der Waals surface area contributed by atoms with Crippen molar-refractivity contribution in [1.82, 2.24) is 19.7 Å². The summed E-state index contributed by atoms with van der Waals surface area (Å²) in [6, 6.07) is 10.3. The van der Waals surface area contributed by atoms with Crippen molar-refractivity contribution < 1.29 is 27.1 Å². The Morgan fingerprint density at radius 3 is 2.47 bits per heavy atom. The first-order valence-electron chi connectivity index (χ1n) is 11.5. The Balaban J connectivity index is 1.52. The van der Waals surface area contributed by atoms with E-state index in [-0.39, 0.29) is 35.3 Å². The zero-order chi connectivity index (χ0) is 26.3. The number of sulfone groups is 1. The Morgan fingerprint density at radius 1 is 1.17 bits per heavy atom. The van der Waals surface area contributed by atoms with Crippen LogP contribution in [-0.2, 0) is 20.3 Å². The third-order valence-corrected chi connectivity index (χ3v) is 7.48. The minimum atomic E-state index is -3.69. The van der Waals surface area contributed by atoms with Crippen LogP contribution in [0, 0.1) is 19.7 Å². The number of pyridine rings is 1. The number of carbonyl (C=O) groups is 1. The van der Waals surface area contributed by atoms with Crippen LogP contribution in [0.4, 0.5) is 9.18 Å². The summed E-state index contributed by atoms with van der Waals surface area (Å²) in [4.78, 5) is 17.8. The number of carbonyl (C=O) groups excluding carboxylic acids is 1. The van der Waals surface area contributed by atoms with Crippen molar-refractivity contribution in [3.8, 4) is 11.6 Å². The first kappa shape index (κ1) is 25.6. The van der Waals surface area contributed by atoms with E-state index in [1.807, 2.05) is 6.07 Å². The average Bonchev–Trinajstić information content (AvgIpc) is 3.05. The summed E-state index contributed by atoms with van der Waals surface area (Å²) >= 11 is 0. The van der Waals surface area contributed by atoms with Crippen molar-refractivity contribution in [1.29, 1.82) is 0 Å². The van der Waals surface area contributed by atoms with E-state index in [4.69, 9.17) is 9.47 Å². The molecule has 0 saturated carbocycles. The van der Waals surface area contributed by atoms with Gasteiger partial charge in [0.2, 0.25) is 0 Å². The summed E-state index contributed by atoms with van der Waals surface area (Å²) in [5.74, 6) is -0.679. The Morgan fingerprint density at radius 2 is 1.83 bits per heavy atom. The van der Waals surface area contributed by atoms with Gasteiger partial charge in [0.1, 0.15) is 16.6 Å². The largest absolute Gasteiger partial charge is 0.483 e. The maximum absolute atomic E-state index is 14.5. The number of aromatic nitrogens is 3. The Bertz CT molecular complexity index is 1380. The predicted octanol–water partition coefficient (Wildman–Crippen LogP) is 4.00. The average molecular weight is 517 g/mol. The van der Waals surface area contributed by atoms with Gasteiger partial charge in [-0.2, -0.15) is 5.10 Å². The lowest BCUT2D eigenvalue weighted by atomic mass is 10.1. The summed E-state index contributed by atoms with van der Waals surface area (Å²) in [5.41, 5.74) is 0.750. The number of hydrogen-bond acceptors (Lipinski definition) is 7. The quantitative estimate of drug-likeness (QED) is 0.488. The molecule has 1 fully saturated rings. The van der Waals surface area contributed by atoms with Crippen LogP contribution in [0.1, 0.15) is 37.7 Å². The fourth-order valence-corrected chi connectivity index (χ4v) is 5.75. The molecule has 11 heteroatoms. The number of hydrogen-bond donors (Lipinski definition) is 0. The molecule has 1 amide bonds. The van der Waals surface area contributed by atoms with Crippen molar-refractivity contribution >= 4 is 15.9 Å². The predicted molar refractivity (Wildman–Crippen MR) is 130 cm³/mol. The van der Waals surface area contributed by atoms with Gasteiger partial charge in [0.15, 0.2) is 27.2 Å². The molecule has 0 atom stereocenters. The lowest BCUT2D eigenvalue weighted by Gasteiger charge is -2.39. The SMILES string of the molecule is Cc1nn(-c2cc(OC3CN(C(=O)OC(C)(C)C)C3)c(F)cn2)c(C)c1S(=O)(=O)Cc1ccccc1. The highest BCUT2D eigenvalue weighted by Gasteiger charge is 2.36. The van der Waals surface area contributed by atoms with Gasteiger partial charge in [0.25, 0.3) is 0 Å². The van der Waals surface area contributed by atoms with E-state index in [1.165, 1.54) is 15.6 Å². The van der Waals surface area contributed by atoms with Crippen LogP contribution in [0.5, 0.6) is 5.75 Å². The van der Waals surface area contributed by atoms with Gasteiger partial charge in [0, 0.05) is 6.07 Å². The molecular formula is C25H29FN4O5S. The summed E-state index contributed by atoms with van der Waals surface area (Å²) in [6.07, 6.45) is 0.137. The normalized spacial score (nSPS) is 14.4. The summed E-state index contributed by atoms with van der Waals surface area (Å²) in [5, 5.41) is 4.37.